The molecule has 2 N–H and O–H groups in total. The number of benzene rings is 2. The molecule has 150 valence electrons. The molecule has 0 heterocycles. The van der Waals surface area contributed by atoms with E-state index in [1.807, 2.05) is 31.2 Å². The van der Waals surface area contributed by atoms with Gasteiger partial charge in [0.1, 0.15) is 5.75 Å². The molecule has 0 saturated heterocycles. The average molecular weight is 403 g/mol. The summed E-state index contributed by atoms with van der Waals surface area (Å²) in [5, 5.41) is 2.71. The van der Waals surface area contributed by atoms with Crippen LogP contribution in [0, 0.1) is 6.92 Å². The zero-order valence-corrected chi connectivity index (χ0v) is 16.8. The van der Waals surface area contributed by atoms with Crippen molar-refractivity contribution in [2.24, 2.45) is 0 Å². The number of carbonyl (C=O) groups is 1. The van der Waals surface area contributed by atoms with Gasteiger partial charge in [0, 0.05) is 11.7 Å². The normalized spacial score (nSPS) is 15.2. The maximum Gasteiger partial charge on any atom is 0.262 e. The van der Waals surface area contributed by atoms with Crippen LogP contribution in [0.4, 0.5) is 5.69 Å². The summed E-state index contributed by atoms with van der Waals surface area (Å²) in [4.78, 5) is 12.3. The van der Waals surface area contributed by atoms with Gasteiger partial charge in [-0.3, -0.25) is 4.79 Å². The molecular weight excluding hydrogens is 376 g/mol. The van der Waals surface area contributed by atoms with E-state index in [1.165, 1.54) is 18.6 Å². The molecule has 1 fully saturated rings. The second-order valence-corrected chi connectivity index (χ2v) is 8.80. The van der Waals surface area contributed by atoms with E-state index in [2.05, 4.69) is 10.0 Å². The average Bonchev–Trinajstić information content (AvgIpc) is 2.68. The summed E-state index contributed by atoms with van der Waals surface area (Å²) < 4.78 is 33.3. The van der Waals surface area contributed by atoms with Gasteiger partial charge in [-0.25, -0.2) is 13.1 Å². The third-order valence-corrected chi connectivity index (χ3v) is 6.36. The Hall–Kier alpha value is -2.38. The van der Waals surface area contributed by atoms with Crippen molar-refractivity contribution in [3.05, 3.63) is 54.1 Å². The molecule has 7 heteroatoms. The van der Waals surface area contributed by atoms with Crippen molar-refractivity contribution in [1.82, 2.24) is 4.72 Å². The molecule has 0 atom stereocenters. The molecule has 28 heavy (non-hydrogen) atoms. The fraction of sp³-hybridized carbons (Fsp3) is 0.381. The van der Waals surface area contributed by atoms with Crippen LogP contribution in [0.15, 0.2) is 53.4 Å². The highest BCUT2D eigenvalue weighted by Crippen LogP contribution is 2.21. The van der Waals surface area contributed by atoms with Crippen LogP contribution in [-0.2, 0) is 14.8 Å². The number of sulfonamides is 1. The van der Waals surface area contributed by atoms with Gasteiger partial charge >= 0.3 is 0 Å². The Bertz CT molecular complexity index is 904. The molecule has 3 rings (SSSR count). The van der Waals surface area contributed by atoms with Crippen molar-refractivity contribution in [3.8, 4) is 5.75 Å². The molecule has 0 bridgehead atoms. The number of ether oxygens (including phenoxy) is 1. The third kappa shape index (κ3) is 5.56. The van der Waals surface area contributed by atoms with E-state index in [4.69, 9.17) is 4.74 Å². The van der Waals surface area contributed by atoms with Crippen molar-refractivity contribution in [2.45, 2.75) is 50.0 Å². The molecule has 0 unspecified atom stereocenters. The molecule has 0 aromatic heterocycles. The molecule has 1 amide bonds. The molecule has 6 nitrogen and oxygen atoms in total. The van der Waals surface area contributed by atoms with Gasteiger partial charge in [-0.1, -0.05) is 37.5 Å². The Balaban J connectivity index is 1.54. The maximum absolute atomic E-state index is 12.5. The van der Waals surface area contributed by atoms with Crippen LogP contribution in [0.25, 0.3) is 0 Å². The Morgan fingerprint density at radius 1 is 1.04 bits per heavy atom. The number of hydrogen-bond donors (Lipinski definition) is 2. The SMILES string of the molecule is Cc1ccccc1OCC(=O)Nc1ccc(S(=O)(=O)NC2CCCCC2)cc1. The minimum Gasteiger partial charge on any atom is -0.483 e. The van der Waals surface area contributed by atoms with Gasteiger partial charge in [0.2, 0.25) is 10.0 Å². The topological polar surface area (TPSA) is 84.5 Å². The molecule has 1 aliphatic rings. The monoisotopic (exact) mass is 402 g/mol. The standard InChI is InChI=1S/C21H26N2O4S/c1-16-7-5-6-10-20(16)27-15-21(24)22-17-11-13-19(14-12-17)28(25,26)23-18-8-3-2-4-9-18/h5-7,10-14,18,23H,2-4,8-9,15H2,1H3,(H,22,24). The fourth-order valence-electron chi connectivity index (χ4n) is 3.28. The molecule has 2 aromatic rings. The Kier molecular flexibility index (Phi) is 6.70. The summed E-state index contributed by atoms with van der Waals surface area (Å²) in [6.45, 7) is 1.79. The summed E-state index contributed by atoms with van der Waals surface area (Å²) in [6, 6.07) is 13.7. The van der Waals surface area contributed by atoms with Crippen molar-refractivity contribution in [1.29, 1.82) is 0 Å². The minimum absolute atomic E-state index is 0.0109. The summed E-state index contributed by atoms with van der Waals surface area (Å²) in [7, 11) is -3.54. The van der Waals surface area contributed by atoms with Gasteiger partial charge in [0.05, 0.1) is 4.90 Å². The summed E-state index contributed by atoms with van der Waals surface area (Å²) in [5.41, 5.74) is 1.48. The number of anilines is 1. The molecule has 0 spiro atoms. The molecule has 1 saturated carbocycles. The van der Waals surface area contributed by atoms with Gasteiger partial charge in [0.15, 0.2) is 6.61 Å². The van der Waals surface area contributed by atoms with Crippen molar-refractivity contribution >= 4 is 21.6 Å². The van der Waals surface area contributed by atoms with Crippen LogP contribution in [0.1, 0.15) is 37.7 Å². The first-order chi connectivity index (χ1) is 13.4. The van der Waals surface area contributed by atoms with Crippen LogP contribution in [0.5, 0.6) is 5.75 Å². The molecule has 0 aliphatic heterocycles. The number of nitrogens with one attached hydrogen (secondary N) is 2. The zero-order chi connectivity index (χ0) is 20.0. The highest BCUT2D eigenvalue weighted by atomic mass is 32.2. The maximum atomic E-state index is 12.5. The first-order valence-corrected chi connectivity index (χ1v) is 11.0. The number of para-hydroxylation sites is 1. The lowest BCUT2D eigenvalue weighted by Gasteiger charge is -2.22. The second kappa shape index (κ2) is 9.21. The molecular formula is C21H26N2O4S. The molecule has 1 aliphatic carbocycles. The van der Waals surface area contributed by atoms with Crippen molar-refractivity contribution in [3.63, 3.8) is 0 Å². The smallest absolute Gasteiger partial charge is 0.262 e. The van der Waals surface area contributed by atoms with Crippen LogP contribution < -0.4 is 14.8 Å². The van der Waals surface area contributed by atoms with E-state index in [-0.39, 0.29) is 23.5 Å². The lowest BCUT2D eigenvalue weighted by Crippen LogP contribution is -2.36. The third-order valence-electron chi connectivity index (χ3n) is 4.83. The van der Waals surface area contributed by atoms with Crippen LogP contribution in [0.2, 0.25) is 0 Å². The van der Waals surface area contributed by atoms with E-state index < -0.39 is 10.0 Å². The van der Waals surface area contributed by atoms with Gasteiger partial charge < -0.3 is 10.1 Å². The first kappa shape index (κ1) is 20.4. The van der Waals surface area contributed by atoms with Crippen molar-refractivity contribution in [2.75, 3.05) is 11.9 Å². The quantitative estimate of drug-likeness (QED) is 0.741. The Labute approximate surface area is 166 Å². The van der Waals surface area contributed by atoms with Crippen molar-refractivity contribution < 1.29 is 17.9 Å². The zero-order valence-electron chi connectivity index (χ0n) is 16.0. The lowest BCUT2D eigenvalue weighted by molar-refractivity contribution is -0.118. The second-order valence-electron chi connectivity index (χ2n) is 7.08. The lowest BCUT2D eigenvalue weighted by atomic mass is 9.96. The van der Waals surface area contributed by atoms with Gasteiger partial charge in [0.25, 0.3) is 5.91 Å². The first-order valence-electron chi connectivity index (χ1n) is 9.55. The predicted molar refractivity (Wildman–Crippen MR) is 109 cm³/mol. The summed E-state index contributed by atoms with van der Waals surface area (Å²) in [5.74, 6) is 0.354. The van der Waals surface area contributed by atoms with E-state index >= 15 is 0 Å². The van der Waals surface area contributed by atoms with E-state index in [9.17, 15) is 13.2 Å². The molecule has 0 radical (unpaired) electrons. The van der Waals surface area contributed by atoms with Crippen LogP contribution in [0.3, 0.4) is 0 Å². The van der Waals surface area contributed by atoms with E-state index in [0.29, 0.717) is 11.4 Å². The Morgan fingerprint density at radius 2 is 1.71 bits per heavy atom. The van der Waals surface area contributed by atoms with Crippen LogP contribution in [-0.4, -0.2) is 27.0 Å². The minimum atomic E-state index is -3.54. The fourth-order valence-corrected chi connectivity index (χ4v) is 4.59. The number of aryl methyl sites for hydroxylation is 1. The number of hydrogen-bond acceptors (Lipinski definition) is 4. The summed E-state index contributed by atoms with van der Waals surface area (Å²) >= 11 is 0. The largest absolute Gasteiger partial charge is 0.483 e. The van der Waals surface area contributed by atoms with Gasteiger partial charge in [-0.05, 0) is 55.7 Å². The van der Waals surface area contributed by atoms with E-state index in [1.54, 1.807) is 12.1 Å². The van der Waals surface area contributed by atoms with Gasteiger partial charge in [-0.2, -0.15) is 0 Å². The highest BCUT2D eigenvalue weighted by Gasteiger charge is 2.21. The van der Waals surface area contributed by atoms with Gasteiger partial charge in [-0.15, -0.1) is 0 Å². The predicted octanol–water partition coefficient (Wildman–Crippen LogP) is 3.62. The highest BCUT2D eigenvalue weighted by molar-refractivity contribution is 7.89. The van der Waals surface area contributed by atoms with E-state index in [0.717, 1.165) is 31.2 Å². The van der Waals surface area contributed by atoms with Crippen LogP contribution >= 0.6 is 0 Å². The number of amides is 1. The summed E-state index contributed by atoms with van der Waals surface area (Å²) in [6.07, 6.45) is 5.05. The Morgan fingerprint density at radius 3 is 2.39 bits per heavy atom. The number of carbonyl (C=O) groups excluding carboxylic acids is 1. The number of rotatable bonds is 7. The molecule has 2 aromatic carbocycles.